The molecule has 0 bridgehead atoms. The van der Waals surface area contributed by atoms with Gasteiger partial charge >= 0.3 is 19.8 Å². The fraction of sp³-hybridized carbons (Fsp3) is 0. The first kappa shape index (κ1) is 29.9. The smallest absolute Gasteiger partial charge is 0.545 e. The molecule has 0 aliphatic heterocycles. The van der Waals surface area contributed by atoms with Crippen LogP contribution in [0.2, 0.25) is 0 Å². The normalized spacial score (nSPS) is 9.88. The minimum Gasteiger partial charge on any atom is -0.545 e. The van der Waals surface area contributed by atoms with Crippen molar-refractivity contribution in [2.75, 3.05) is 0 Å². The van der Waals surface area contributed by atoms with E-state index >= 15 is 0 Å². The predicted molar refractivity (Wildman–Crippen MR) is 127 cm³/mol. The summed E-state index contributed by atoms with van der Waals surface area (Å²) < 4.78 is 0. The van der Waals surface area contributed by atoms with Crippen molar-refractivity contribution in [1.29, 1.82) is 0 Å². The fourth-order valence-corrected chi connectivity index (χ4v) is 2.19. The molecule has 0 unspecified atom stereocenters. The molecular weight excluding hydrogens is 490 g/mol. The van der Waals surface area contributed by atoms with E-state index < -0.39 is 17.9 Å². The molecule has 3 rings (SSSR count). The third-order valence-electron chi connectivity index (χ3n) is 3.63. The van der Waals surface area contributed by atoms with Crippen LogP contribution < -0.4 is 15.3 Å². The van der Waals surface area contributed by atoms with Gasteiger partial charge in [0.2, 0.25) is 0 Å². The van der Waals surface area contributed by atoms with Crippen molar-refractivity contribution in [1.82, 2.24) is 0 Å². The van der Waals surface area contributed by atoms with E-state index in [-0.39, 0.29) is 19.8 Å². The van der Waals surface area contributed by atoms with Crippen LogP contribution in [0.1, 0.15) is 16.7 Å². The molecule has 0 fully saturated rings. The summed E-state index contributed by atoms with van der Waals surface area (Å²) in [6, 6.07) is 27.6. The zero-order valence-electron chi connectivity index (χ0n) is 18.2. The maximum absolute atomic E-state index is 9.97. The average molecular weight is 511 g/mol. The number of aliphatic carboxylic acids is 3. The fourth-order valence-electron chi connectivity index (χ4n) is 2.19. The molecular formula is C27H21GaO6. The van der Waals surface area contributed by atoms with Crippen molar-refractivity contribution >= 4 is 55.9 Å². The Labute approximate surface area is 211 Å². The number of carbonyl (C=O) groups is 3. The van der Waals surface area contributed by atoms with Crippen LogP contribution in [0.15, 0.2) is 109 Å². The van der Waals surface area contributed by atoms with Gasteiger partial charge in [-0.3, -0.25) is 0 Å². The molecule has 0 saturated carbocycles. The molecule has 3 aromatic rings. The molecule has 0 saturated heterocycles. The van der Waals surface area contributed by atoms with Gasteiger partial charge in [-0.1, -0.05) is 109 Å². The maximum atomic E-state index is 9.97. The van der Waals surface area contributed by atoms with E-state index in [1.165, 1.54) is 18.2 Å². The van der Waals surface area contributed by atoms with Gasteiger partial charge in [-0.15, -0.1) is 0 Å². The van der Waals surface area contributed by atoms with Crippen LogP contribution in [0, 0.1) is 0 Å². The summed E-state index contributed by atoms with van der Waals surface area (Å²) in [4.78, 5) is 29.9. The van der Waals surface area contributed by atoms with Gasteiger partial charge in [0, 0.05) is 0 Å². The summed E-state index contributed by atoms with van der Waals surface area (Å²) in [7, 11) is 0. The minimum absolute atomic E-state index is 0. The van der Waals surface area contributed by atoms with Crippen LogP contribution in [0.4, 0.5) is 0 Å². The topological polar surface area (TPSA) is 120 Å². The van der Waals surface area contributed by atoms with E-state index in [2.05, 4.69) is 0 Å². The summed E-state index contributed by atoms with van der Waals surface area (Å²) in [5.74, 6) is -3.52. The van der Waals surface area contributed by atoms with Crippen molar-refractivity contribution in [3.05, 3.63) is 126 Å². The van der Waals surface area contributed by atoms with Crippen molar-refractivity contribution in [3.8, 4) is 0 Å². The first-order valence-corrected chi connectivity index (χ1v) is 9.69. The van der Waals surface area contributed by atoms with Crippen LogP contribution >= 0.6 is 0 Å². The van der Waals surface area contributed by atoms with Crippen molar-refractivity contribution < 1.29 is 29.7 Å². The van der Waals surface area contributed by atoms with Gasteiger partial charge in [0.05, 0.1) is 17.9 Å². The van der Waals surface area contributed by atoms with Gasteiger partial charge in [-0.25, -0.2) is 0 Å². The van der Waals surface area contributed by atoms with Gasteiger partial charge in [-0.2, -0.15) is 0 Å². The standard InChI is InChI=1S/3C9H8O2.Ga/c3*10-9(11)7-6-8-4-2-1-3-5-8;/h3*1-7H,(H,10,11);/q;;;+3/p-3. The molecule has 0 atom stereocenters. The zero-order chi connectivity index (χ0) is 24.3. The SMILES string of the molecule is O=C([O-])C=Cc1ccccc1.O=C([O-])C=Cc1ccccc1.O=C([O-])C=Cc1ccccc1.[Ga+3]. The van der Waals surface area contributed by atoms with Crippen LogP contribution in [-0.4, -0.2) is 37.7 Å². The van der Waals surface area contributed by atoms with E-state index in [0.717, 1.165) is 34.9 Å². The Morgan fingerprint density at radius 2 is 0.647 bits per heavy atom. The molecule has 168 valence electrons. The molecule has 0 spiro atoms. The van der Waals surface area contributed by atoms with Crippen molar-refractivity contribution in [2.24, 2.45) is 0 Å². The second-order valence-electron chi connectivity index (χ2n) is 6.19. The van der Waals surface area contributed by atoms with Gasteiger partial charge in [0.25, 0.3) is 0 Å². The summed E-state index contributed by atoms with van der Waals surface area (Å²) in [6.45, 7) is 0. The van der Waals surface area contributed by atoms with Gasteiger partial charge in [0.1, 0.15) is 0 Å². The van der Waals surface area contributed by atoms with Crippen LogP contribution in [-0.2, 0) is 14.4 Å². The third-order valence-corrected chi connectivity index (χ3v) is 3.63. The van der Waals surface area contributed by atoms with Crippen LogP contribution in [0.25, 0.3) is 18.2 Å². The monoisotopic (exact) mass is 510 g/mol. The number of carboxylic acid groups (broad SMARTS) is 3. The molecule has 0 aromatic heterocycles. The molecule has 0 amide bonds. The van der Waals surface area contributed by atoms with E-state index in [4.69, 9.17) is 0 Å². The quantitative estimate of drug-likeness (QED) is 0.360. The van der Waals surface area contributed by atoms with Crippen molar-refractivity contribution in [3.63, 3.8) is 0 Å². The maximum Gasteiger partial charge on any atom is 3.00 e. The van der Waals surface area contributed by atoms with Gasteiger partial charge in [0.15, 0.2) is 0 Å². The average Bonchev–Trinajstić information content (AvgIpc) is 2.83. The Morgan fingerprint density at radius 3 is 0.824 bits per heavy atom. The molecule has 0 aliphatic rings. The Hall–Kier alpha value is -4.07. The second kappa shape index (κ2) is 18.5. The van der Waals surface area contributed by atoms with E-state index in [1.807, 2.05) is 91.0 Å². The second-order valence-corrected chi connectivity index (χ2v) is 6.19. The Morgan fingerprint density at radius 1 is 0.441 bits per heavy atom. The molecule has 0 radical (unpaired) electrons. The van der Waals surface area contributed by atoms with E-state index in [0.29, 0.717) is 0 Å². The number of hydrogen-bond acceptors (Lipinski definition) is 6. The summed E-state index contributed by atoms with van der Waals surface area (Å²) in [5, 5.41) is 29.9. The first-order valence-electron chi connectivity index (χ1n) is 9.69. The molecule has 0 aliphatic carbocycles. The van der Waals surface area contributed by atoms with E-state index in [9.17, 15) is 29.7 Å². The Kier molecular flexibility index (Phi) is 16.3. The Bertz CT molecular complexity index is 934. The van der Waals surface area contributed by atoms with Crippen molar-refractivity contribution in [2.45, 2.75) is 0 Å². The predicted octanol–water partition coefficient (Wildman–Crippen LogP) is 0.968. The van der Waals surface area contributed by atoms with Crippen LogP contribution in [0.3, 0.4) is 0 Å². The molecule has 7 heteroatoms. The molecule has 34 heavy (non-hydrogen) atoms. The summed E-state index contributed by atoms with van der Waals surface area (Å²) in [5.41, 5.74) is 2.57. The zero-order valence-corrected chi connectivity index (χ0v) is 20.6. The molecule has 3 aromatic carbocycles. The largest absolute Gasteiger partial charge is 3.00 e. The summed E-state index contributed by atoms with van der Waals surface area (Å²) >= 11 is 0. The first-order chi connectivity index (χ1) is 15.9. The Balaban J connectivity index is 0.000000473. The van der Waals surface area contributed by atoms with Gasteiger partial charge in [-0.05, 0) is 34.9 Å². The summed E-state index contributed by atoms with van der Waals surface area (Å²) in [6.07, 6.45) is 7.51. The van der Waals surface area contributed by atoms with Crippen LogP contribution in [0.5, 0.6) is 0 Å². The number of hydrogen-bond donors (Lipinski definition) is 0. The number of carbonyl (C=O) groups excluding carboxylic acids is 3. The molecule has 0 N–H and O–H groups in total. The number of rotatable bonds is 6. The third kappa shape index (κ3) is 16.6. The molecule has 6 nitrogen and oxygen atoms in total. The number of benzene rings is 3. The minimum atomic E-state index is -1.17. The van der Waals surface area contributed by atoms with Gasteiger partial charge < -0.3 is 29.7 Å². The van der Waals surface area contributed by atoms with E-state index in [1.54, 1.807) is 0 Å². The molecule has 0 heterocycles. The number of carboxylic acids is 3.